The largest absolute Gasteiger partial charge is 0.107 e. The highest BCUT2D eigenvalue weighted by Gasteiger charge is 1.98. The standard InChI is InChI=1S/C12H24Cl4Si2/c13-11(14)5-3-9-17-7-1-2-8-18-10-4-6-12(15)16/h1,7,11-12H,2-6,8-10,17-18H2. The highest BCUT2D eigenvalue weighted by Crippen LogP contribution is 2.12. The first-order valence-corrected chi connectivity index (χ1v) is 12.4. The van der Waals surface area contributed by atoms with Crippen molar-refractivity contribution in [3.63, 3.8) is 0 Å². The summed E-state index contributed by atoms with van der Waals surface area (Å²) in [5.74, 6) is 0. The van der Waals surface area contributed by atoms with Crippen LogP contribution in [-0.2, 0) is 0 Å². The molecule has 0 aromatic carbocycles. The molecule has 0 amide bonds. The van der Waals surface area contributed by atoms with Crippen molar-refractivity contribution in [1.82, 2.24) is 0 Å². The van der Waals surface area contributed by atoms with Gasteiger partial charge in [0.05, 0.1) is 0 Å². The third-order valence-electron chi connectivity index (χ3n) is 2.75. The van der Waals surface area contributed by atoms with E-state index in [9.17, 15) is 0 Å². The fourth-order valence-corrected chi connectivity index (χ4v) is 5.13. The van der Waals surface area contributed by atoms with Gasteiger partial charge < -0.3 is 0 Å². The summed E-state index contributed by atoms with van der Waals surface area (Å²) in [4.78, 5) is -0.333. The highest BCUT2D eigenvalue weighted by molar-refractivity contribution is 6.44. The zero-order chi connectivity index (χ0) is 13.6. The third kappa shape index (κ3) is 17.3. The summed E-state index contributed by atoms with van der Waals surface area (Å²) < 4.78 is 0. The highest BCUT2D eigenvalue weighted by atomic mass is 35.5. The number of rotatable bonds is 12. The first kappa shape index (κ1) is 19.3. The van der Waals surface area contributed by atoms with E-state index in [4.69, 9.17) is 46.4 Å². The van der Waals surface area contributed by atoms with Crippen molar-refractivity contribution in [1.29, 1.82) is 0 Å². The monoisotopic (exact) mass is 364 g/mol. The van der Waals surface area contributed by atoms with E-state index in [0.29, 0.717) is 0 Å². The fourth-order valence-electron chi connectivity index (χ4n) is 1.71. The second-order valence-electron chi connectivity index (χ2n) is 4.53. The SMILES string of the molecule is ClC(Cl)CCC[SiH2]C=CCC[SiH2]CCCC(Cl)Cl. The average Bonchev–Trinajstić information content (AvgIpc) is 2.29. The molecule has 6 heteroatoms. The fraction of sp³-hybridized carbons (Fsp3) is 0.833. The molecule has 0 aliphatic rings. The minimum absolute atomic E-state index is 0.00360. The lowest BCUT2D eigenvalue weighted by Crippen LogP contribution is -1.92. The van der Waals surface area contributed by atoms with Crippen LogP contribution >= 0.6 is 46.4 Å². The molecule has 0 aromatic heterocycles. The minimum atomic E-state index is -0.172. The smallest absolute Gasteiger partial charge is 0.105 e. The van der Waals surface area contributed by atoms with E-state index in [-0.39, 0.29) is 28.7 Å². The number of hydrogen-bond donors (Lipinski definition) is 0. The minimum Gasteiger partial charge on any atom is -0.105 e. The Hall–Kier alpha value is 1.33. The average molecular weight is 366 g/mol. The van der Waals surface area contributed by atoms with Crippen molar-refractivity contribution >= 4 is 65.4 Å². The van der Waals surface area contributed by atoms with E-state index in [2.05, 4.69) is 11.8 Å². The third-order valence-corrected chi connectivity index (χ3v) is 7.11. The summed E-state index contributed by atoms with van der Waals surface area (Å²) in [6.45, 7) is 0. The molecule has 0 aromatic rings. The number of allylic oxidation sites excluding steroid dienone is 1. The molecule has 0 bridgehead atoms. The van der Waals surface area contributed by atoms with Crippen molar-refractivity contribution in [2.45, 2.75) is 59.9 Å². The van der Waals surface area contributed by atoms with Crippen LogP contribution in [0.4, 0.5) is 0 Å². The lowest BCUT2D eigenvalue weighted by molar-refractivity contribution is 0.851. The summed E-state index contributed by atoms with van der Waals surface area (Å²) in [5.41, 5.74) is 2.43. The van der Waals surface area contributed by atoms with Gasteiger partial charge in [-0.3, -0.25) is 0 Å². The summed E-state index contributed by atoms with van der Waals surface area (Å²) in [6.07, 6.45) is 7.95. The van der Waals surface area contributed by atoms with Crippen LogP contribution < -0.4 is 0 Å². The molecular weight excluding hydrogens is 342 g/mol. The van der Waals surface area contributed by atoms with E-state index >= 15 is 0 Å². The van der Waals surface area contributed by atoms with E-state index in [0.717, 1.165) is 12.8 Å². The summed E-state index contributed by atoms with van der Waals surface area (Å²) in [6, 6.07) is 4.14. The molecule has 0 unspecified atom stereocenters. The Morgan fingerprint density at radius 2 is 1.44 bits per heavy atom. The molecule has 0 spiro atoms. The molecule has 0 saturated carbocycles. The zero-order valence-electron chi connectivity index (χ0n) is 10.9. The Morgan fingerprint density at radius 1 is 0.833 bits per heavy atom. The van der Waals surface area contributed by atoms with Gasteiger partial charge >= 0.3 is 0 Å². The van der Waals surface area contributed by atoms with Crippen molar-refractivity contribution < 1.29 is 0 Å². The van der Waals surface area contributed by atoms with Gasteiger partial charge in [0.25, 0.3) is 0 Å². The Morgan fingerprint density at radius 3 is 2.06 bits per heavy atom. The van der Waals surface area contributed by atoms with Gasteiger partial charge in [-0.2, -0.15) is 0 Å². The van der Waals surface area contributed by atoms with Crippen molar-refractivity contribution in [2.75, 3.05) is 0 Å². The number of alkyl halides is 4. The molecule has 0 fully saturated rings. The quantitative estimate of drug-likeness (QED) is 0.268. The van der Waals surface area contributed by atoms with Crippen LogP contribution in [0.1, 0.15) is 32.1 Å². The molecule has 0 rings (SSSR count). The Bertz CT molecular complexity index is 199. The normalized spacial score (nSPS) is 13.4. The van der Waals surface area contributed by atoms with Crippen molar-refractivity contribution in [3.05, 3.63) is 11.8 Å². The Labute approximate surface area is 136 Å². The van der Waals surface area contributed by atoms with E-state index in [1.54, 1.807) is 0 Å². The number of hydrogen-bond acceptors (Lipinski definition) is 0. The molecule has 0 atom stereocenters. The Kier molecular flexibility index (Phi) is 15.8. The first-order valence-electron chi connectivity index (χ1n) is 6.84. The lowest BCUT2D eigenvalue weighted by Gasteiger charge is -2.00. The van der Waals surface area contributed by atoms with Crippen molar-refractivity contribution in [2.24, 2.45) is 0 Å². The van der Waals surface area contributed by atoms with Crippen LogP contribution in [0, 0.1) is 0 Å². The second kappa shape index (κ2) is 14.7. The van der Waals surface area contributed by atoms with E-state index in [1.807, 2.05) is 0 Å². The maximum absolute atomic E-state index is 5.68. The van der Waals surface area contributed by atoms with Gasteiger partial charge in [0.15, 0.2) is 0 Å². The number of halogens is 4. The van der Waals surface area contributed by atoms with Crippen LogP contribution in [0.5, 0.6) is 0 Å². The van der Waals surface area contributed by atoms with Gasteiger partial charge in [-0.05, 0) is 19.3 Å². The predicted octanol–water partition coefficient (Wildman–Crippen LogP) is 4.65. The summed E-state index contributed by atoms with van der Waals surface area (Å²) >= 11 is 22.7. The van der Waals surface area contributed by atoms with Crippen LogP contribution in [0.2, 0.25) is 18.1 Å². The van der Waals surface area contributed by atoms with Crippen LogP contribution in [0.25, 0.3) is 0 Å². The molecule has 108 valence electrons. The van der Waals surface area contributed by atoms with Crippen LogP contribution in [-0.4, -0.2) is 28.7 Å². The second-order valence-corrected chi connectivity index (χ2v) is 11.0. The molecule has 18 heavy (non-hydrogen) atoms. The molecular formula is C12H24Cl4Si2. The van der Waals surface area contributed by atoms with Gasteiger partial charge in [-0.25, -0.2) is 0 Å². The van der Waals surface area contributed by atoms with Gasteiger partial charge in [-0.15, -0.1) is 52.1 Å². The van der Waals surface area contributed by atoms with Crippen LogP contribution in [0.3, 0.4) is 0 Å². The van der Waals surface area contributed by atoms with E-state index in [1.165, 1.54) is 37.4 Å². The molecule has 0 saturated heterocycles. The summed E-state index contributed by atoms with van der Waals surface area (Å²) in [7, 11) is 0.122. The molecule has 0 heterocycles. The van der Waals surface area contributed by atoms with Gasteiger partial charge in [0.1, 0.15) is 9.67 Å². The van der Waals surface area contributed by atoms with Gasteiger partial charge in [-0.1, -0.05) is 37.0 Å². The molecule has 0 nitrogen and oxygen atoms in total. The molecule has 0 N–H and O–H groups in total. The molecule has 0 aliphatic carbocycles. The Balaban J connectivity index is 3.09. The maximum Gasteiger partial charge on any atom is 0.107 e. The van der Waals surface area contributed by atoms with Gasteiger partial charge in [0, 0.05) is 19.0 Å². The molecule has 0 radical (unpaired) electrons. The first-order chi connectivity index (χ1) is 8.63. The zero-order valence-corrected chi connectivity index (χ0v) is 16.7. The van der Waals surface area contributed by atoms with Crippen molar-refractivity contribution in [3.8, 4) is 0 Å². The predicted molar refractivity (Wildman–Crippen MR) is 94.7 cm³/mol. The maximum atomic E-state index is 5.68. The van der Waals surface area contributed by atoms with Crippen LogP contribution in [0.15, 0.2) is 11.8 Å². The topological polar surface area (TPSA) is 0 Å². The van der Waals surface area contributed by atoms with E-state index < -0.39 is 0 Å². The summed E-state index contributed by atoms with van der Waals surface area (Å²) in [5, 5.41) is 0. The van der Waals surface area contributed by atoms with Gasteiger partial charge in [0.2, 0.25) is 0 Å². The molecule has 0 aliphatic heterocycles. The lowest BCUT2D eigenvalue weighted by atomic mass is 10.4.